The standard InChI is InChI=1S/C16H29N3O2/c1-18(2)15(20)17-9-7-16-8-11-21-14(16)6-10-19(12-16)13-4-3-5-13/h13-14H,3-12H2,1-2H3,(H,17,20)/t14-,16+/m0/s1. The first-order valence-corrected chi connectivity index (χ1v) is 8.41. The summed E-state index contributed by atoms with van der Waals surface area (Å²) in [5.74, 6) is 0. The summed E-state index contributed by atoms with van der Waals surface area (Å²) in [7, 11) is 3.57. The SMILES string of the molecule is CN(C)C(=O)NCC[C@]12CCO[C@H]1CCN(C1CCC1)C2. The molecule has 3 rings (SSSR count). The fourth-order valence-electron chi connectivity index (χ4n) is 4.08. The average molecular weight is 295 g/mol. The van der Waals surface area contributed by atoms with Crippen LogP contribution in [0.5, 0.6) is 0 Å². The van der Waals surface area contributed by atoms with Crippen LogP contribution in [0.15, 0.2) is 0 Å². The number of nitrogens with zero attached hydrogens (tertiary/aromatic N) is 2. The Morgan fingerprint density at radius 2 is 2.19 bits per heavy atom. The number of hydrogen-bond donors (Lipinski definition) is 1. The number of nitrogens with one attached hydrogen (secondary N) is 1. The topological polar surface area (TPSA) is 44.8 Å². The van der Waals surface area contributed by atoms with Gasteiger partial charge < -0.3 is 15.0 Å². The van der Waals surface area contributed by atoms with Crippen LogP contribution in [0.2, 0.25) is 0 Å². The van der Waals surface area contributed by atoms with Crippen LogP contribution in [-0.4, -0.2) is 68.3 Å². The van der Waals surface area contributed by atoms with Gasteiger partial charge in [-0.25, -0.2) is 4.79 Å². The predicted octanol–water partition coefficient (Wildman–Crippen LogP) is 1.68. The lowest BCUT2D eigenvalue weighted by molar-refractivity contribution is -0.0454. The molecule has 1 N–H and O–H groups in total. The maximum Gasteiger partial charge on any atom is 0.316 e. The maximum atomic E-state index is 11.7. The van der Waals surface area contributed by atoms with Crippen molar-refractivity contribution in [1.29, 1.82) is 0 Å². The number of fused-ring (bicyclic) bond motifs is 1. The summed E-state index contributed by atoms with van der Waals surface area (Å²) in [6, 6.07) is 0.827. The van der Waals surface area contributed by atoms with Crippen molar-refractivity contribution in [2.24, 2.45) is 5.41 Å². The number of carbonyl (C=O) groups is 1. The molecule has 0 aromatic carbocycles. The molecular weight excluding hydrogens is 266 g/mol. The Morgan fingerprint density at radius 1 is 1.38 bits per heavy atom. The van der Waals surface area contributed by atoms with Crippen LogP contribution in [0.25, 0.3) is 0 Å². The van der Waals surface area contributed by atoms with Crippen LogP contribution in [-0.2, 0) is 4.74 Å². The molecule has 2 heterocycles. The summed E-state index contributed by atoms with van der Waals surface area (Å²) >= 11 is 0. The third-order valence-corrected chi connectivity index (χ3v) is 5.69. The fourth-order valence-corrected chi connectivity index (χ4v) is 4.08. The van der Waals surface area contributed by atoms with E-state index >= 15 is 0 Å². The minimum atomic E-state index is 0.00789. The van der Waals surface area contributed by atoms with E-state index in [1.807, 2.05) is 0 Å². The van der Waals surface area contributed by atoms with Crippen molar-refractivity contribution < 1.29 is 9.53 Å². The van der Waals surface area contributed by atoms with Gasteiger partial charge in [0.05, 0.1) is 6.10 Å². The number of urea groups is 1. The maximum absolute atomic E-state index is 11.7. The molecule has 0 aromatic rings. The highest BCUT2D eigenvalue weighted by Gasteiger charge is 2.48. The number of hydrogen-bond acceptors (Lipinski definition) is 3. The van der Waals surface area contributed by atoms with Gasteiger partial charge in [0.1, 0.15) is 0 Å². The van der Waals surface area contributed by atoms with Gasteiger partial charge >= 0.3 is 6.03 Å². The highest BCUT2D eigenvalue weighted by molar-refractivity contribution is 5.73. The van der Waals surface area contributed by atoms with E-state index in [0.717, 1.165) is 38.5 Å². The molecule has 5 nitrogen and oxygen atoms in total. The number of carbonyl (C=O) groups excluding carboxylic acids is 1. The van der Waals surface area contributed by atoms with Gasteiger partial charge in [-0.2, -0.15) is 0 Å². The first-order valence-electron chi connectivity index (χ1n) is 8.41. The fraction of sp³-hybridized carbons (Fsp3) is 0.938. The van der Waals surface area contributed by atoms with E-state index in [9.17, 15) is 4.79 Å². The molecular formula is C16H29N3O2. The van der Waals surface area contributed by atoms with Crippen molar-refractivity contribution in [3.8, 4) is 0 Å². The summed E-state index contributed by atoms with van der Waals surface area (Å²) in [5.41, 5.74) is 0.271. The first-order chi connectivity index (χ1) is 10.1. The minimum absolute atomic E-state index is 0.00789. The van der Waals surface area contributed by atoms with Crippen molar-refractivity contribution in [2.45, 2.75) is 50.7 Å². The molecule has 2 amide bonds. The summed E-state index contributed by atoms with van der Waals surface area (Å²) in [4.78, 5) is 16.0. The van der Waals surface area contributed by atoms with Crippen molar-refractivity contribution in [2.75, 3.05) is 40.3 Å². The normalized spacial score (nSPS) is 33.3. The molecule has 3 aliphatic rings. The Morgan fingerprint density at radius 3 is 2.86 bits per heavy atom. The Balaban J connectivity index is 1.57. The van der Waals surface area contributed by atoms with Gasteiger partial charge in [-0.15, -0.1) is 0 Å². The van der Waals surface area contributed by atoms with Gasteiger partial charge in [0.25, 0.3) is 0 Å². The van der Waals surface area contributed by atoms with E-state index in [2.05, 4.69) is 10.2 Å². The van der Waals surface area contributed by atoms with E-state index in [4.69, 9.17) is 4.74 Å². The number of ether oxygens (including phenoxy) is 1. The quantitative estimate of drug-likeness (QED) is 0.858. The zero-order valence-corrected chi connectivity index (χ0v) is 13.4. The molecule has 0 radical (unpaired) electrons. The van der Waals surface area contributed by atoms with E-state index in [1.54, 1.807) is 19.0 Å². The second-order valence-electron chi connectivity index (χ2n) is 7.19. The molecule has 120 valence electrons. The predicted molar refractivity (Wildman–Crippen MR) is 82.3 cm³/mol. The second-order valence-corrected chi connectivity index (χ2v) is 7.19. The molecule has 0 aromatic heterocycles. The Labute approximate surface area is 128 Å². The Bertz CT molecular complexity index is 384. The summed E-state index contributed by atoms with van der Waals surface area (Å²) < 4.78 is 6.00. The molecule has 1 aliphatic carbocycles. The number of rotatable bonds is 4. The molecule has 5 heteroatoms. The van der Waals surface area contributed by atoms with E-state index in [0.29, 0.717) is 6.10 Å². The van der Waals surface area contributed by atoms with Crippen LogP contribution in [0, 0.1) is 5.41 Å². The van der Waals surface area contributed by atoms with E-state index in [-0.39, 0.29) is 11.4 Å². The molecule has 2 aliphatic heterocycles. The highest BCUT2D eigenvalue weighted by atomic mass is 16.5. The van der Waals surface area contributed by atoms with E-state index < -0.39 is 0 Å². The van der Waals surface area contributed by atoms with Gasteiger partial charge in [-0.05, 0) is 32.1 Å². The van der Waals surface area contributed by atoms with Gasteiger partial charge in [0.15, 0.2) is 0 Å². The highest BCUT2D eigenvalue weighted by Crippen LogP contribution is 2.45. The zero-order valence-electron chi connectivity index (χ0n) is 13.4. The second kappa shape index (κ2) is 6.13. The number of amides is 2. The summed E-state index contributed by atoms with van der Waals surface area (Å²) in [6.45, 7) is 4.02. The third kappa shape index (κ3) is 3.04. The van der Waals surface area contributed by atoms with Crippen molar-refractivity contribution in [3.05, 3.63) is 0 Å². The molecule has 2 atom stereocenters. The molecule has 3 fully saturated rings. The van der Waals surface area contributed by atoms with Crippen LogP contribution in [0.4, 0.5) is 4.79 Å². The lowest BCUT2D eigenvalue weighted by Crippen LogP contribution is -2.55. The zero-order chi connectivity index (χ0) is 14.9. The van der Waals surface area contributed by atoms with Crippen LogP contribution < -0.4 is 5.32 Å². The molecule has 0 bridgehead atoms. The van der Waals surface area contributed by atoms with Crippen molar-refractivity contribution >= 4 is 6.03 Å². The molecule has 0 unspecified atom stereocenters. The first kappa shape index (κ1) is 15.1. The molecule has 21 heavy (non-hydrogen) atoms. The van der Waals surface area contributed by atoms with Gasteiger partial charge in [-0.1, -0.05) is 6.42 Å². The van der Waals surface area contributed by atoms with Gasteiger partial charge in [0, 0.05) is 51.8 Å². The average Bonchev–Trinajstić information content (AvgIpc) is 2.79. The Kier molecular flexibility index (Phi) is 4.41. The number of piperidine rings is 1. The lowest BCUT2D eigenvalue weighted by atomic mass is 9.72. The van der Waals surface area contributed by atoms with Crippen molar-refractivity contribution in [1.82, 2.24) is 15.1 Å². The van der Waals surface area contributed by atoms with Crippen LogP contribution >= 0.6 is 0 Å². The minimum Gasteiger partial charge on any atom is -0.378 e. The van der Waals surface area contributed by atoms with Crippen LogP contribution in [0.3, 0.4) is 0 Å². The largest absolute Gasteiger partial charge is 0.378 e. The number of likely N-dealkylation sites (tertiary alicyclic amines) is 1. The van der Waals surface area contributed by atoms with Crippen molar-refractivity contribution in [3.63, 3.8) is 0 Å². The summed E-state index contributed by atoms with van der Waals surface area (Å²) in [5, 5.41) is 3.02. The lowest BCUT2D eigenvalue weighted by Gasteiger charge is -2.49. The summed E-state index contributed by atoms with van der Waals surface area (Å²) in [6.07, 6.45) is 7.91. The molecule has 2 saturated heterocycles. The smallest absolute Gasteiger partial charge is 0.316 e. The van der Waals surface area contributed by atoms with Crippen LogP contribution in [0.1, 0.15) is 38.5 Å². The Hall–Kier alpha value is -0.810. The molecule has 1 saturated carbocycles. The van der Waals surface area contributed by atoms with E-state index in [1.165, 1.54) is 32.4 Å². The molecule has 0 spiro atoms. The third-order valence-electron chi connectivity index (χ3n) is 5.69. The monoisotopic (exact) mass is 295 g/mol. The van der Waals surface area contributed by atoms with Gasteiger partial charge in [0.2, 0.25) is 0 Å². The van der Waals surface area contributed by atoms with Gasteiger partial charge in [-0.3, -0.25) is 4.90 Å².